The van der Waals surface area contributed by atoms with E-state index in [-0.39, 0.29) is 5.82 Å². The Balaban J connectivity index is 2.24. The summed E-state index contributed by atoms with van der Waals surface area (Å²) in [7, 11) is 0. The second kappa shape index (κ2) is 2.74. The van der Waals surface area contributed by atoms with Gasteiger partial charge in [-0.15, -0.1) is 0 Å². The minimum Gasteiger partial charge on any atom is -0.379 e. The van der Waals surface area contributed by atoms with Gasteiger partial charge in [0, 0.05) is 0 Å². The van der Waals surface area contributed by atoms with Crippen LogP contribution >= 0.6 is 0 Å². The van der Waals surface area contributed by atoms with Crippen LogP contribution in [0.4, 0.5) is 5.82 Å². The quantitative estimate of drug-likeness (QED) is 0.570. The van der Waals surface area contributed by atoms with Crippen LogP contribution in [0.2, 0.25) is 0 Å². The summed E-state index contributed by atoms with van der Waals surface area (Å²) in [5.74, 6) is 0.645. The highest BCUT2D eigenvalue weighted by Gasteiger charge is 2.13. The molecular formula is C7H5N7O. The fourth-order valence-electron chi connectivity index (χ4n) is 1.23. The van der Waals surface area contributed by atoms with Crippen molar-refractivity contribution in [1.82, 2.24) is 30.2 Å². The van der Waals surface area contributed by atoms with Gasteiger partial charge in [-0.2, -0.15) is 0 Å². The zero-order valence-corrected chi connectivity index (χ0v) is 7.38. The number of imidazole rings is 1. The minimum atomic E-state index is 0.182. The van der Waals surface area contributed by atoms with E-state index in [9.17, 15) is 0 Å². The minimum absolute atomic E-state index is 0.182. The van der Waals surface area contributed by atoms with Gasteiger partial charge in [0.2, 0.25) is 0 Å². The average molecular weight is 203 g/mol. The van der Waals surface area contributed by atoms with Crippen molar-refractivity contribution < 1.29 is 4.63 Å². The lowest BCUT2D eigenvalue weighted by molar-refractivity contribution is 0.310. The molecule has 0 aliphatic carbocycles. The second-order valence-corrected chi connectivity index (χ2v) is 2.84. The first-order valence-corrected chi connectivity index (χ1v) is 4.09. The van der Waals surface area contributed by atoms with E-state index in [0.29, 0.717) is 22.7 Å². The predicted molar refractivity (Wildman–Crippen MR) is 49.4 cm³/mol. The third-order valence-corrected chi connectivity index (χ3v) is 1.90. The first-order valence-electron chi connectivity index (χ1n) is 4.09. The van der Waals surface area contributed by atoms with E-state index in [1.54, 1.807) is 6.20 Å². The van der Waals surface area contributed by atoms with Gasteiger partial charge < -0.3 is 10.7 Å². The Kier molecular flexibility index (Phi) is 1.43. The van der Waals surface area contributed by atoms with Gasteiger partial charge in [-0.25, -0.2) is 19.6 Å². The van der Waals surface area contributed by atoms with Gasteiger partial charge in [-0.3, -0.25) is 0 Å². The maximum absolute atomic E-state index is 5.53. The molecule has 0 bridgehead atoms. The van der Waals surface area contributed by atoms with Crippen molar-refractivity contribution in [3.8, 4) is 11.5 Å². The molecule has 0 spiro atoms. The number of H-pyrrole nitrogens is 1. The van der Waals surface area contributed by atoms with Gasteiger partial charge in [0.25, 0.3) is 0 Å². The molecule has 3 aromatic heterocycles. The number of hydrogen-bond acceptors (Lipinski definition) is 7. The van der Waals surface area contributed by atoms with Crippen molar-refractivity contribution in [2.45, 2.75) is 0 Å². The first kappa shape index (κ1) is 7.85. The van der Waals surface area contributed by atoms with Crippen LogP contribution in [0.5, 0.6) is 0 Å². The zero-order valence-electron chi connectivity index (χ0n) is 7.38. The number of nitrogens with zero attached hydrogens (tertiary/aromatic N) is 5. The van der Waals surface area contributed by atoms with Crippen molar-refractivity contribution in [2.75, 3.05) is 5.73 Å². The molecule has 0 saturated carbocycles. The number of hydrogen-bond donors (Lipinski definition) is 2. The van der Waals surface area contributed by atoms with Gasteiger partial charge in [0.1, 0.15) is 11.8 Å². The van der Waals surface area contributed by atoms with E-state index in [0.717, 1.165) is 0 Å². The molecule has 0 amide bonds. The standard InChI is InChI=1S/C7H5N7O/c8-5-4(13-15-14-5)7-11-3-1-9-2-10-6(3)12-7/h1-2H,(H2,8,14)(H,9,10,11,12). The molecule has 0 aliphatic rings. The summed E-state index contributed by atoms with van der Waals surface area (Å²) in [6, 6.07) is 0. The lowest BCUT2D eigenvalue weighted by Gasteiger charge is -1.85. The number of rotatable bonds is 1. The monoisotopic (exact) mass is 203 g/mol. The Bertz CT molecular complexity index is 579. The summed E-state index contributed by atoms with van der Waals surface area (Å²) in [4.78, 5) is 15.0. The molecule has 8 nitrogen and oxygen atoms in total. The van der Waals surface area contributed by atoms with Crippen LogP contribution in [0.25, 0.3) is 22.7 Å². The summed E-state index contributed by atoms with van der Waals surface area (Å²) in [5.41, 5.74) is 7.15. The molecule has 0 saturated heterocycles. The molecule has 8 heteroatoms. The van der Waals surface area contributed by atoms with E-state index in [4.69, 9.17) is 5.73 Å². The Hall–Kier alpha value is -2.51. The van der Waals surface area contributed by atoms with Crippen LogP contribution in [-0.2, 0) is 0 Å². The molecule has 3 aromatic rings. The Morgan fingerprint density at radius 1 is 1.33 bits per heavy atom. The molecule has 3 rings (SSSR count). The topological polar surface area (TPSA) is 119 Å². The summed E-state index contributed by atoms with van der Waals surface area (Å²) in [5, 5.41) is 7.09. The number of aromatic nitrogens is 6. The zero-order chi connectivity index (χ0) is 10.3. The van der Waals surface area contributed by atoms with E-state index < -0.39 is 0 Å². The third-order valence-electron chi connectivity index (χ3n) is 1.90. The molecule has 0 unspecified atom stereocenters. The Labute approximate surface area is 82.5 Å². The number of fused-ring (bicyclic) bond motifs is 1. The molecule has 74 valence electrons. The Morgan fingerprint density at radius 3 is 3.00 bits per heavy atom. The highest BCUT2D eigenvalue weighted by molar-refractivity contribution is 5.76. The summed E-state index contributed by atoms with van der Waals surface area (Å²) < 4.78 is 4.47. The smallest absolute Gasteiger partial charge is 0.199 e. The second-order valence-electron chi connectivity index (χ2n) is 2.84. The number of nitrogens with one attached hydrogen (secondary N) is 1. The number of anilines is 1. The maximum Gasteiger partial charge on any atom is 0.199 e. The number of nitrogens with two attached hydrogens (primary N) is 1. The highest BCUT2D eigenvalue weighted by atomic mass is 16.6. The molecule has 3 N–H and O–H groups in total. The molecule has 3 heterocycles. The van der Waals surface area contributed by atoms with Gasteiger partial charge in [-0.05, 0) is 10.3 Å². The molecule has 0 aliphatic heterocycles. The van der Waals surface area contributed by atoms with Crippen LogP contribution in [0, 0.1) is 0 Å². The fraction of sp³-hybridized carbons (Fsp3) is 0. The molecule has 15 heavy (non-hydrogen) atoms. The first-order chi connectivity index (χ1) is 7.34. The number of aromatic amines is 1. The third kappa shape index (κ3) is 1.11. The van der Waals surface area contributed by atoms with Crippen molar-refractivity contribution >= 4 is 17.0 Å². The van der Waals surface area contributed by atoms with Crippen LogP contribution in [0.15, 0.2) is 17.2 Å². The maximum atomic E-state index is 5.53. The van der Waals surface area contributed by atoms with E-state index in [1.165, 1.54) is 6.33 Å². The largest absolute Gasteiger partial charge is 0.379 e. The van der Waals surface area contributed by atoms with Crippen LogP contribution in [0.3, 0.4) is 0 Å². The average Bonchev–Trinajstić information content (AvgIpc) is 2.82. The fourth-order valence-corrected chi connectivity index (χ4v) is 1.23. The van der Waals surface area contributed by atoms with E-state index in [2.05, 4.69) is 34.9 Å². The van der Waals surface area contributed by atoms with Gasteiger partial charge in [-0.1, -0.05) is 0 Å². The number of nitrogen functional groups attached to an aromatic ring is 1. The SMILES string of the molecule is Nc1nonc1-c1nc2cncnc2[nH]1. The molecular weight excluding hydrogens is 198 g/mol. The molecule has 0 radical (unpaired) electrons. The van der Waals surface area contributed by atoms with Crippen molar-refractivity contribution in [3.05, 3.63) is 12.5 Å². The molecule has 0 aromatic carbocycles. The lowest BCUT2D eigenvalue weighted by Crippen LogP contribution is -1.89. The van der Waals surface area contributed by atoms with Crippen molar-refractivity contribution in [1.29, 1.82) is 0 Å². The normalized spacial score (nSPS) is 10.9. The Morgan fingerprint density at radius 2 is 2.27 bits per heavy atom. The summed E-state index contributed by atoms with van der Waals surface area (Å²) >= 11 is 0. The lowest BCUT2D eigenvalue weighted by atomic mass is 10.4. The van der Waals surface area contributed by atoms with E-state index >= 15 is 0 Å². The van der Waals surface area contributed by atoms with Crippen LogP contribution < -0.4 is 5.73 Å². The van der Waals surface area contributed by atoms with Gasteiger partial charge in [0.15, 0.2) is 23.0 Å². The van der Waals surface area contributed by atoms with Crippen molar-refractivity contribution in [3.63, 3.8) is 0 Å². The van der Waals surface area contributed by atoms with E-state index in [1.807, 2.05) is 0 Å². The predicted octanol–water partition coefficient (Wildman–Crippen LogP) is -0.0149. The van der Waals surface area contributed by atoms with Crippen LogP contribution in [0.1, 0.15) is 0 Å². The van der Waals surface area contributed by atoms with Crippen LogP contribution in [-0.4, -0.2) is 30.2 Å². The molecule has 0 atom stereocenters. The van der Waals surface area contributed by atoms with Crippen molar-refractivity contribution in [2.24, 2.45) is 0 Å². The summed E-state index contributed by atoms with van der Waals surface area (Å²) in [6.45, 7) is 0. The highest BCUT2D eigenvalue weighted by Crippen LogP contribution is 2.20. The van der Waals surface area contributed by atoms with Gasteiger partial charge in [0.05, 0.1) is 6.20 Å². The van der Waals surface area contributed by atoms with Gasteiger partial charge >= 0.3 is 0 Å². The molecule has 0 fully saturated rings. The summed E-state index contributed by atoms with van der Waals surface area (Å²) in [6.07, 6.45) is 3.01.